The number of ether oxygens (including phenoxy) is 2. The molecule has 138 valence electrons. The molecular formula is C21H32N2O2. The van der Waals surface area contributed by atoms with Gasteiger partial charge in [-0.1, -0.05) is 49.8 Å². The summed E-state index contributed by atoms with van der Waals surface area (Å²) >= 11 is 0. The Morgan fingerprint density at radius 3 is 2.56 bits per heavy atom. The van der Waals surface area contributed by atoms with E-state index in [1.807, 2.05) is 40.7 Å². The van der Waals surface area contributed by atoms with Gasteiger partial charge in [-0.3, -0.25) is 4.99 Å². The van der Waals surface area contributed by atoms with E-state index in [0.717, 1.165) is 30.1 Å². The molecule has 1 heterocycles. The van der Waals surface area contributed by atoms with Crippen molar-refractivity contribution in [3.8, 4) is 0 Å². The molecule has 0 saturated carbocycles. The van der Waals surface area contributed by atoms with Crippen LogP contribution in [0.3, 0.4) is 0 Å². The zero-order valence-electron chi connectivity index (χ0n) is 16.4. The largest absolute Gasteiger partial charge is 0.463 e. The summed E-state index contributed by atoms with van der Waals surface area (Å²) in [5.41, 5.74) is 4.47. The van der Waals surface area contributed by atoms with Crippen LogP contribution in [0.5, 0.6) is 0 Å². The van der Waals surface area contributed by atoms with Crippen LogP contribution >= 0.6 is 0 Å². The number of benzene rings is 1. The quantitative estimate of drug-likeness (QED) is 0.778. The van der Waals surface area contributed by atoms with Crippen molar-refractivity contribution >= 4 is 6.21 Å². The SMILES string of the molecule is CC.CC=N/C(C)=C1/OC(C)OC/C1=C(/C)CNCc1ccccc1. The molecule has 1 unspecified atom stereocenters. The second-order valence-electron chi connectivity index (χ2n) is 5.65. The molecule has 4 nitrogen and oxygen atoms in total. The van der Waals surface area contributed by atoms with Gasteiger partial charge < -0.3 is 14.8 Å². The van der Waals surface area contributed by atoms with Crippen molar-refractivity contribution in [2.45, 2.75) is 54.4 Å². The third-order valence-electron chi connectivity index (χ3n) is 3.75. The molecule has 0 amide bonds. The Balaban J connectivity index is 0.00000151. The Kier molecular flexibility index (Phi) is 9.81. The van der Waals surface area contributed by atoms with Gasteiger partial charge in [-0.05, 0) is 33.3 Å². The molecule has 0 aromatic heterocycles. The molecule has 2 rings (SSSR count). The molecule has 1 aromatic carbocycles. The highest BCUT2D eigenvalue weighted by Crippen LogP contribution is 2.27. The number of hydrogen-bond acceptors (Lipinski definition) is 4. The Hall–Kier alpha value is -1.91. The molecule has 1 aliphatic rings. The van der Waals surface area contributed by atoms with Gasteiger partial charge in [0, 0.05) is 24.9 Å². The minimum absolute atomic E-state index is 0.235. The molecule has 0 radical (unpaired) electrons. The first-order valence-electron chi connectivity index (χ1n) is 9.03. The maximum Gasteiger partial charge on any atom is 0.197 e. The normalized spacial score (nSPS) is 21.3. The average molecular weight is 344 g/mol. The number of nitrogens with one attached hydrogen (secondary N) is 1. The summed E-state index contributed by atoms with van der Waals surface area (Å²) in [5.74, 6) is 0.848. The van der Waals surface area contributed by atoms with Crippen LogP contribution in [-0.2, 0) is 16.0 Å². The summed E-state index contributed by atoms with van der Waals surface area (Å²) < 4.78 is 11.5. The first-order valence-corrected chi connectivity index (χ1v) is 9.03. The minimum Gasteiger partial charge on any atom is -0.463 e. The Morgan fingerprint density at radius 2 is 1.92 bits per heavy atom. The van der Waals surface area contributed by atoms with E-state index in [4.69, 9.17) is 9.47 Å². The fourth-order valence-corrected chi connectivity index (χ4v) is 2.51. The summed E-state index contributed by atoms with van der Waals surface area (Å²) in [6, 6.07) is 10.4. The van der Waals surface area contributed by atoms with Crippen molar-refractivity contribution in [2.75, 3.05) is 13.2 Å². The van der Waals surface area contributed by atoms with Crippen molar-refractivity contribution in [3.63, 3.8) is 0 Å². The lowest BCUT2D eigenvalue weighted by Gasteiger charge is -2.28. The van der Waals surface area contributed by atoms with Gasteiger partial charge in [-0.25, -0.2) is 0 Å². The van der Waals surface area contributed by atoms with E-state index in [1.54, 1.807) is 6.21 Å². The van der Waals surface area contributed by atoms with E-state index in [9.17, 15) is 0 Å². The van der Waals surface area contributed by atoms with E-state index in [-0.39, 0.29) is 6.29 Å². The maximum atomic E-state index is 5.86. The van der Waals surface area contributed by atoms with Gasteiger partial charge in [0.05, 0.1) is 12.3 Å². The minimum atomic E-state index is -0.235. The molecule has 4 heteroatoms. The third kappa shape index (κ3) is 6.85. The van der Waals surface area contributed by atoms with Gasteiger partial charge in [-0.2, -0.15) is 0 Å². The van der Waals surface area contributed by atoms with Gasteiger partial charge in [0.1, 0.15) is 5.76 Å². The zero-order chi connectivity index (χ0) is 18.7. The lowest BCUT2D eigenvalue weighted by Crippen LogP contribution is -2.26. The average Bonchev–Trinajstić information content (AvgIpc) is 2.64. The van der Waals surface area contributed by atoms with E-state index in [1.165, 1.54) is 11.1 Å². The molecule has 1 N–H and O–H groups in total. The Labute approximate surface area is 152 Å². The lowest BCUT2D eigenvalue weighted by molar-refractivity contribution is -0.117. The Bertz CT molecular complexity index is 604. The number of rotatable bonds is 5. The molecule has 25 heavy (non-hydrogen) atoms. The fourth-order valence-electron chi connectivity index (χ4n) is 2.51. The summed E-state index contributed by atoms with van der Waals surface area (Å²) in [5, 5.41) is 3.47. The molecular weight excluding hydrogens is 312 g/mol. The maximum absolute atomic E-state index is 5.86. The number of hydrogen-bond donors (Lipinski definition) is 1. The summed E-state index contributed by atoms with van der Waals surface area (Å²) in [4.78, 5) is 4.36. The first kappa shape index (κ1) is 21.1. The molecule has 0 bridgehead atoms. The molecule has 0 spiro atoms. The molecule has 1 saturated heterocycles. The van der Waals surface area contributed by atoms with Crippen LogP contribution in [0, 0.1) is 0 Å². The van der Waals surface area contributed by atoms with Gasteiger partial charge >= 0.3 is 0 Å². The van der Waals surface area contributed by atoms with Crippen molar-refractivity contribution in [1.29, 1.82) is 0 Å². The molecule has 1 fully saturated rings. The summed E-state index contributed by atoms with van der Waals surface area (Å²) in [7, 11) is 0. The Morgan fingerprint density at radius 1 is 1.24 bits per heavy atom. The second kappa shape index (κ2) is 11.6. The predicted octanol–water partition coefficient (Wildman–Crippen LogP) is 4.83. The number of nitrogens with zero attached hydrogens (tertiary/aromatic N) is 1. The van der Waals surface area contributed by atoms with E-state index < -0.39 is 0 Å². The van der Waals surface area contributed by atoms with E-state index >= 15 is 0 Å². The van der Waals surface area contributed by atoms with Gasteiger partial charge in [-0.15, -0.1) is 0 Å². The second-order valence-corrected chi connectivity index (χ2v) is 5.65. The van der Waals surface area contributed by atoms with Crippen molar-refractivity contribution in [1.82, 2.24) is 5.32 Å². The summed E-state index contributed by atoms with van der Waals surface area (Å²) in [6.07, 6.45) is 1.55. The van der Waals surface area contributed by atoms with Crippen molar-refractivity contribution in [2.24, 2.45) is 4.99 Å². The molecule has 0 aliphatic carbocycles. The van der Waals surface area contributed by atoms with E-state index in [2.05, 4.69) is 41.5 Å². The zero-order valence-corrected chi connectivity index (χ0v) is 16.4. The van der Waals surface area contributed by atoms with Gasteiger partial charge in [0.25, 0.3) is 0 Å². The fraction of sp³-hybridized carbons (Fsp3) is 0.476. The molecule has 1 aliphatic heterocycles. The standard InChI is InChI=1S/C19H26N2O2.C2H6/c1-5-21-15(3)19-18(13-22-16(4)23-19)14(2)11-20-12-17-9-7-6-8-10-17;1-2/h5-10,16,20H,11-13H2,1-4H3;1-2H3/b18-14+,19-15+,21-5?;. The predicted molar refractivity (Wildman–Crippen MR) is 106 cm³/mol. The first-order chi connectivity index (χ1) is 12.1. The van der Waals surface area contributed by atoms with Gasteiger partial charge in [0.2, 0.25) is 0 Å². The van der Waals surface area contributed by atoms with Crippen molar-refractivity contribution < 1.29 is 9.47 Å². The van der Waals surface area contributed by atoms with Crippen LogP contribution in [-0.4, -0.2) is 25.7 Å². The third-order valence-corrected chi connectivity index (χ3v) is 3.75. The number of aliphatic imine (C=N–C) groups is 1. The van der Waals surface area contributed by atoms with Crippen LogP contribution in [0.1, 0.15) is 47.1 Å². The topological polar surface area (TPSA) is 42.9 Å². The monoisotopic (exact) mass is 344 g/mol. The van der Waals surface area contributed by atoms with Gasteiger partial charge in [0.15, 0.2) is 6.29 Å². The smallest absolute Gasteiger partial charge is 0.197 e. The van der Waals surface area contributed by atoms with Crippen LogP contribution in [0.4, 0.5) is 0 Å². The highest BCUT2D eigenvalue weighted by Gasteiger charge is 2.23. The van der Waals surface area contributed by atoms with Crippen molar-refractivity contribution in [3.05, 3.63) is 58.5 Å². The highest BCUT2D eigenvalue weighted by molar-refractivity contribution is 5.56. The molecule has 1 aromatic rings. The van der Waals surface area contributed by atoms with Crippen LogP contribution in [0.15, 0.2) is 57.9 Å². The highest BCUT2D eigenvalue weighted by atomic mass is 16.7. The van der Waals surface area contributed by atoms with Crippen LogP contribution < -0.4 is 5.32 Å². The molecule has 1 atom stereocenters. The van der Waals surface area contributed by atoms with Crippen LogP contribution in [0.25, 0.3) is 0 Å². The lowest BCUT2D eigenvalue weighted by atomic mass is 10.1. The van der Waals surface area contributed by atoms with Crippen LogP contribution in [0.2, 0.25) is 0 Å². The van der Waals surface area contributed by atoms with E-state index in [0.29, 0.717) is 6.61 Å². The number of allylic oxidation sites excluding steroid dienone is 1. The summed E-state index contributed by atoms with van der Waals surface area (Å²) in [6.45, 7) is 14.1.